The lowest BCUT2D eigenvalue weighted by Crippen LogP contribution is -2.59. The molecule has 17 heavy (non-hydrogen) atoms. The first-order valence-corrected chi connectivity index (χ1v) is 5.68. The molecule has 1 unspecified atom stereocenters. The number of rotatable bonds is 3. The smallest absolute Gasteiger partial charge is 0.326 e. The lowest BCUT2D eigenvalue weighted by atomic mass is 9.68. The van der Waals surface area contributed by atoms with Crippen molar-refractivity contribution in [2.45, 2.75) is 38.6 Å². The van der Waals surface area contributed by atoms with Crippen molar-refractivity contribution < 1.29 is 9.53 Å². The molecule has 0 heterocycles. The molecular weight excluding hydrogens is 214 g/mol. The Morgan fingerprint density at radius 2 is 1.76 bits per heavy atom. The van der Waals surface area contributed by atoms with Gasteiger partial charge in [0.05, 0.1) is 7.11 Å². The highest BCUT2D eigenvalue weighted by Gasteiger charge is 2.46. The van der Waals surface area contributed by atoms with E-state index in [1.165, 1.54) is 7.11 Å². The first-order valence-electron chi connectivity index (χ1n) is 5.68. The molecule has 94 valence electrons. The molecule has 1 atom stereocenters. The van der Waals surface area contributed by atoms with Crippen LogP contribution in [0.2, 0.25) is 0 Å². The molecule has 0 saturated carbocycles. The second-order valence-electron chi connectivity index (χ2n) is 5.13. The normalized spacial score (nSPS) is 15.2. The van der Waals surface area contributed by atoms with Crippen molar-refractivity contribution in [3.05, 3.63) is 35.4 Å². The molecule has 0 aliphatic heterocycles. The summed E-state index contributed by atoms with van der Waals surface area (Å²) >= 11 is 0. The van der Waals surface area contributed by atoms with Crippen LogP contribution in [0.4, 0.5) is 0 Å². The van der Waals surface area contributed by atoms with Crippen LogP contribution in [-0.2, 0) is 14.9 Å². The Hall–Kier alpha value is -1.35. The Morgan fingerprint density at radius 1 is 1.24 bits per heavy atom. The van der Waals surface area contributed by atoms with Crippen LogP contribution >= 0.6 is 0 Å². The molecule has 0 amide bonds. The molecule has 3 nitrogen and oxygen atoms in total. The summed E-state index contributed by atoms with van der Waals surface area (Å²) in [7, 11) is 1.36. The number of methoxy groups -OCH3 is 1. The van der Waals surface area contributed by atoms with Gasteiger partial charge >= 0.3 is 5.97 Å². The van der Waals surface area contributed by atoms with E-state index in [4.69, 9.17) is 10.5 Å². The van der Waals surface area contributed by atoms with Gasteiger partial charge in [-0.15, -0.1) is 0 Å². The number of hydrogen-bond acceptors (Lipinski definition) is 3. The van der Waals surface area contributed by atoms with Crippen molar-refractivity contribution >= 4 is 5.97 Å². The number of carbonyl (C=O) groups is 1. The van der Waals surface area contributed by atoms with Gasteiger partial charge in [0.15, 0.2) is 0 Å². The molecule has 1 aromatic rings. The van der Waals surface area contributed by atoms with E-state index in [1.807, 2.05) is 45.0 Å². The Morgan fingerprint density at radius 3 is 2.24 bits per heavy atom. The molecule has 0 aliphatic rings. The van der Waals surface area contributed by atoms with Gasteiger partial charge in [-0.2, -0.15) is 0 Å². The Kier molecular flexibility index (Phi) is 3.62. The number of aryl methyl sites for hydroxylation is 1. The van der Waals surface area contributed by atoms with Crippen LogP contribution < -0.4 is 5.73 Å². The predicted molar refractivity (Wildman–Crippen MR) is 68.8 cm³/mol. The summed E-state index contributed by atoms with van der Waals surface area (Å²) in [6.07, 6.45) is 0. The number of hydrogen-bond donors (Lipinski definition) is 1. The van der Waals surface area contributed by atoms with Crippen LogP contribution in [0.1, 0.15) is 31.9 Å². The summed E-state index contributed by atoms with van der Waals surface area (Å²) < 4.78 is 4.80. The zero-order chi connectivity index (χ0) is 13.3. The largest absolute Gasteiger partial charge is 0.468 e. The van der Waals surface area contributed by atoms with E-state index < -0.39 is 16.9 Å². The van der Waals surface area contributed by atoms with Gasteiger partial charge in [0.2, 0.25) is 0 Å². The standard InChI is InChI=1S/C14H21NO2/c1-10-8-6-7-9-11(10)13(2,3)14(4,15)12(16)17-5/h6-9H,15H2,1-5H3. The fourth-order valence-corrected chi connectivity index (χ4v) is 2.02. The molecule has 1 aromatic carbocycles. The zero-order valence-electron chi connectivity index (χ0n) is 11.2. The summed E-state index contributed by atoms with van der Waals surface area (Å²) in [4.78, 5) is 11.8. The zero-order valence-corrected chi connectivity index (χ0v) is 11.2. The van der Waals surface area contributed by atoms with Gasteiger partial charge in [0.25, 0.3) is 0 Å². The van der Waals surface area contributed by atoms with Crippen molar-refractivity contribution in [1.29, 1.82) is 0 Å². The van der Waals surface area contributed by atoms with E-state index in [0.29, 0.717) is 0 Å². The Labute approximate surface area is 103 Å². The third-order valence-corrected chi connectivity index (χ3v) is 3.73. The van der Waals surface area contributed by atoms with Gasteiger partial charge in [-0.3, -0.25) is 4.79 Å². The fourth-order valence-electron chi connectivity index (χ4n) is 2.02. The van der Waals surface area contributed by atoms with Crippen molar-refractivity contribution in [2.75, 3.05) is 7.11 Å². The van der Waals surface area contributed by atoms with Gasteiger partial charge in [-0.05, 0) is 25.0 Å². The number of benzene rings is 1. The van der Waals surface area contributed by atoms with Gasteiger partial charge in [-0.1, -0.05) is 38.1 Å². The van der Waals surface area contributed by atoms with E-state index in [0.717, 1.165) is 11.1 Å². The third kappa shape index (κ3) is 2.20. The molecule has 0 spiro atoms. The minimum atomic E-state index is -1.06. The van der Waals surface area contributed by atoms with E-state index in [9.17, 15) is 4.79 Å². The maximum atomic E-state index is 11.8. The van der Waals surface area contributed by atoms with Crippen LogP contribution in [0.25, 0.3) is 0 Å². The Balaban J connectivity index is 3.28. The maximum Gasteiger partial charge on any atom is 0.326 e. The fraction of sp³-hybridized carbons (Fsp3) is 0.500. The summed E-state index contributed by atoms with van der Waals surface area (Å²) in [5, 5.41) is 0. The number of ether oxygens (including phenoxy) is 1. The molecule has 0 saturated heterocycles. The van der Waals surface area contributed by atoms with Crippen LogP contribution in [0, 0.1) is 6.92 Å². The number of carbonyl (C=O) groups excluding carboxylic acids is 1. The average Bonchev–Trinajstić information content (AvgIpc) is 2.27. The molecule has 0 fully saturated rings. The van der Waals surface area contributed by atoms with E-state index in [2.05, 4.69) is 0 Å². The third-order valence-electron chi connectivity index (χ3n) is 3.73. The second-order valence-corrected chi connectivity index (χ2v) is 5.13. The Bertz CT molecular complexity index is 422. The minimum absolute atomic E-state index is 0.397. The van der Waals surface area contributed by atoms with Crippen LogP contribution in [0.15, 0.2) is 24.3 Å². The van der Waals surface area contributed by atoms with Gasteiger partial charge in [0.1, 0.15) is 5.54 Å². The molecule has 0 aromatic heterocycles. The SMILES string of the molecule is COC(=O)C(C)(N)C(C)(C)c1ccccc1C. The highest BCUT2D eigenvalue weighted by Crippen LogP contribution is 2.35. The average molecular weight is 235 g/mol. The van der Waals surface area contributed by atoms with Crippen LogP contribution in [0.5, 0.6) is 0 Å². The quantitative estimate of drug-likeness (QED) is 0.817. The molecule has 0 aliphatic carbocycles. The van der Waals surface area contributed by atoms with Crippen molar-refractivity contribution in [3.8, 4) is 0 Å². The minimum Gasteiger partial charge on any atom is -0.468 e. The van der Waals surface area contributed by atoms with Gasteiger partial charge in [-0.25, -0.2) is 0 Å². The molecule has 0 radical (unpaired) electrons. The molecular formula is C14H21NO2. The summed E-state index contributed by atoms with van der Waals surface area (Å²) in [6.45, 7) is 7.66. The summed E-state index contributed by atoms with van der Waals surface area (Å²) in [5.74, 6) is -0.397. The lowest BCUT2D eigenvalue weighted by Gasteiger charge is -2.40. The summed E-state index contributed by atoms with van der Waals surface area (Å²) in [5.41, 5.74) is 6.81. The van der Waals surface area contributed by atoms with E-state index >= 15 is 0 Å². The molecule has 3 heteroatoms. The van der Waals surface area contributed by atoms with Gasteiger partial charge < -0.3 is 10.5 Å². The highest BCUT2D eigenvalue weighted by atomic mass is 16.5. The molecule has 2 N–H and O–H groups in total. The van der Waals surface area contributed by atoms with Crippen molar-refractivity contribution in [3.63, 3.8) is 0 Å². The predicted octanol–water partition coefficient (Wildman–Crippen LogP) is 2.16. The first-order chi connectivity index (χ1) is 7.75. The number of esters is 1. The van der Waals surface area contributed by atoms with Crippen molar-refractivity contribution in [1.82, 2.24) is 0 Å². The van der Waals surface area contributed by atoms with Gasteiger partial charge in [0, 0.05) is 5.41 Å². The van der Waals surface area contributed by atoms with E-state index in [-0.39, 0.29) is 0 Å². The highest BCUT2D eigenvalue weighted by molar-refractivity contribution is 5.82. The molecule has 0 bridgehead atoms. The summed E-state index contributed by atoms with van der Waals surface area (Å²) in [6, 6.07) is 7.95. The van der Waals surface area contributed by atoms with E-state index in [1.54, 1.807) is 6.92 Å². The topological polar surface area (TPSA) is 52.3 Å². The first kappa shape index (κ1) is 13.7. The maximum absolute atomic E-state index is 11.8. The van der Waals surface area contributed by atoms with Crippen LogP contribution in [-0.4, -0.2) is 18.6 Å². The lowest BCUT2D eigenvalue weighted by molar-refractivity contribution is -0.148. The monoisotopic (exact) mass is 235 g/mol. The second kappa shape index (κ2) is 4.49. The van der Waals surface area contributed by atoms with Crippen LogP contribution in [0.3, 0.4) is 0 Å². The molecule has 1 rings (SSSR count). The number of nitrogens with two attached hydrogens (primary N) is 1. The van der Waals surface area contributed by atoms with Crippen molar-refractivity contribution in [2.24, 2.45) is 5.73 Å².